The molecule has 2 rings (SSSR count). The van der Waals surface area contributed by atoms with Crippen molar-refractivity contribution in [2.24, 2.45) is 0 Å². The number of benzene rings is 2. The number of rotatable bonds is 7. The van der Waals surface area contributed by atoms with E-state index >= 15 is 0 Å². The van der Waals surface area contributed by atoms with Crippen molar-refractivity contribution in [1.82, 2.24) is 0 Å². The van der Waals surface area contributed by atoms with Crippen LogP contribution in [0, 0.1) is 5.82 Å². The molecule has 128 valence electrons. The maximum absolute atomic E-state index is 13.7. The molecule has 0 unspecified atom stereocenters. The smallest absolute Gasteiger partial charge is 0.234 e. The number of anilines is 1. The van der Waals surface area contributed by atoms with Gasteiger partial charge in [0.05, 0.1) is 25.7 Å². The first-order chi connectivity index (χ1) is 11.5. The van der Waals surface area contributed by atoms with E-state index in [4.69, 9.17) is 9.47 Å². The van der Waals surface area contributed by atoms with Gasteiger partial charge in [-0.15, -0.1) is 11.8 Å². The van der Waals surface area contributed by atoms with E-state index in [9.17, 15) is 9.18 Å². The summed E-state index contributed by atoms with van der Waals surface area (Å²) in [5.41, 5.74) is 1.14. The van der Waals surface area contributed by atoms with Crippen LogP contribution in [0.1, 0.15) is 5.56 Å². The molecular formula is C17H17BrFNO3S. The first-order valence-corrected chi connectivity index (χ1v) is 9.02. The fourth-order valence-corrected chi connectivity index (χ4v) is 3.13. The van der Waals surface area contributed by atoms with Crippen LogP contribution in [0.3, 0.4) is 0 Å². The molecule has 4 nitrogen and oxygen atoms in total. The number of amides is 1. The predicted octanol–water partition coefficient (Wildman–Crippen LogP) is 4.48. The van der Waals surface area contributed by atoms with Gasteiger partial charge in [-0.25, -0.2) is 4.39 Å². The Labute approximate surface area is 152 Å². The van der Waals surface area contributed by atoms with Gasteiger partial charge < -0.3 is 14.8 Å². The molecule has 0 spiro atoms. The van der Waals surface area contributed by atoms with E-state index in [0.717, 1.165) is 0 Å². The van der Waals surface area contributed by atoms with Crippen LogP contribution in [0.25, 0.3) is 0 Å². The van der Waals surface area contributed by atoms with Crippen LogP contribution in [0.4, 0.5) is 10.1 Å². The Bertz CT molecular complexity index is 727. The molecule has 0 aliphatic carbocycles. The normalized spacial score (nSPS) is 10.3. The average Bonchev–Trinajstić information content (AvgIpc) is 2.57. The molecule has 0 fully saturated rings. The lowest BCUT2D eigenvalue weighted by molar-refractivity contribution is -0.113. The van der Waals surface area contributed by atoms with Crippen molar-refractivity contribution in [3.63, 3.8) is 0 Å². The molecule has 0 bridgehead atoms. The van der Waals surface area contributed by atoms with Crippen LogP contribution in [-0.2, 0) is 10.5 Å². The molecule has 2 aromatic carbocycles. The van der Waals surface area contributed by atoms with Crippen LogP contribution in [-0.4, -0.2) is 25.9 Å². The lowest BCUT2D eigenvalue weighted by Crippen LogP contribution is -2.15. The minimum absolute atomic E-state index is 0.180. The molecule has 2 aromatic rings. The molecule has 0 aliphatic heterocycles. The zero-order valence-electron chi connectivity index (χ0n) is 13.3. The number of ether oxygens (including phenoxy) is 2. The third-order valence-electron chi connectivity index (χ3n) is 3.19. The van der Waals surface area contributed by atoms with Gasteiger partial charge in [0, 0.05) is 16.3 Å². The largest absolute Gasteiger partial charge is 0.497 e. The Kier molecular flexibility index (Phi) is 6.93. The Morgan fingerprint density at radius 1 is 1.21 bits per heavy atom. The fraction of sp³-hybridized carbons (Fsp3) is 0.235. The second kappa shape index (κ2) is 8.94. The van der Waals surface area contributed by atoms with Gasteiger partial charge >= 0.3 is 0 Å². The van der Waals surface area contributed by atoms with E-state index in [1.807, 2.05) is 0 Å². The molecule has 0 radical (unpaired) electrons. The van der Waals surface area contributed by atoms with Gasteiger partial charge in [0.15, 0.2) is 0 Å². The molecule has 0 heterocycles. The van der Waals surface area contributed by atoms with Crippen molar-refractivity contribution in [2.45, 2.75) is 5.75 Å². The molecule has 1 amide bonds. The van der Waals surface area contributed by atoms with Crippen molar-refractivity contribution in [3.05, 3.63) is 52.3 Å². The molecule has 0 aromatic heterocycles. The average molecular weight is 414 g/mol. The number of thioether (sulfide) groups is 1. The summed E-state index contributed by atoms with van der Waals surface area (Å²) in [4.78, 5) is 12.0. The lowest BCUT2D eigenvalue weighted by Gasteiger charge is -2.11. The van der Waals surface area contributed by atoms with Crippen LogP contribution >= 0.6 is 27.7 Å². The molecule has 0 saturated heterocycles. The summed E-state index contributed by atoms with van der Waals surface area (Å²) in [7, 11) is 3.08. The van der Waals surface area contributed by atoms with Crippen molar-refractivity contribution in [1.29, 1.82) is 0 Å². The SMILES string of the molecule is COc1ccc(NC(=O)CSCc2ccc(Br)cc2F)c(OC)c1. The Balaban J connectivity index is 1.89. The Morgan fingerprint density at radius 3 is 2.67 bits per heavy atom. The van der Waals surface area contributed by atoms with E-state index in [1.54, 1.807) is 37.4 Å². The highest BCUT2D eigenvalue weighted by Crippen LogP contribution is 2.29. The quantitative estimate of drug-likeness (QED) is 0.726. The summed E-state index contributed by atoms with van der Waals surface area (Å²) < 4.78 is 24.8. The topological polar surface area (TPSA) is 47.6 Å². The van der Waals surface area contributed by atoms with Crippen molar-refractivity contribution < 1.29 is 18.7 Å². The number of halogens is 2. The van der Waals surface area contributed by atoms with Crippen LogP contribution in [0.5, 0.6) is 11.5 Å². The molecular weight excluding hydrogens is 397 g/mol. The highest BCUT2D eigenvalue weighted by Gasteiger charge is 2.10. The van der Waals surface area contributed by atoms with Crippen molar-refractivity contribution >= 4 is 39.3 Å². The summed E-state index contributed by atoms with van der Waals surface area (Å²) >= 11 is 4.56. The van der Waals surface area contributed by atoms with Gasteiger partial charge in [-0.2, -0.15) is 0 Å². The van der Waals surface area contributed by atoms with Gasteiger partial charge in [0.25, 0.3) is 0 Å². The summed E-state index contributed by atoms with van der Waals surface area (Å²) in [5, 5.41) is 2.78. The Morgan fingerprint density at radius 2 is 2.00 bits per heavy atom. The third-order valence-corrected chi connectivity index (χ3v) is 4.66. The maximum Gasteiger partial charge on any atom is 0.234 e. The zero-order valence-corrected chi connectivity index (χ0v) is 15.7. The standard InChI is InChI=1S/C17H17BrFNO3S/c1-22-13-5-6-15(16(8-13)23-2)20-17(21)10-24-9-11-3-4-12(18)7-14(11)19/h3-8H,9-10H2,1-2H3,(H,20,21). The highest BCUT2D eigenvalue weighted by atomic mass is 79.9. The fourth-order valence-electron chi connectivity index (χ4n) is 1.98. The number of hydrogen-bond acceptors (Lipinski definition) is 4. The number of nitrogens with one attached hydrogen (secondary N) is 1. The second-order valence-electron chi connectivity index (χ2n) is 4.84. The summed E-state index contributed by atoms with van der Waals surface area (Å²) in [6.07, 6.45) is 0. The van der Waals surface area contributed by atoms with E-state index in [2.05, 4.69) is 21.2 Å². The zero-order chi connectivity index (χ0) is 17.5. The van der Waals surface area contributed by atoms with E-state index in [1.165, 1.54) is 24.9 Å². The minimum atomic E-state index is -0.283. The first kappa shape index (κ1) is 18.6. The molecule has 0 aliphatic rings. The third kappa shape index (κ3) is 5.14. The molecule has 1 N–H and O–H groups in total. The number of methoxy groups -OCH3 is 2. The van der Waals surface area contributed by atoms with Crippen LogP contribution < -0.4 is 14.8 Å². The highest BCUT2D eigenvalue weighted by molar-refractivity contribution is 9.10. The number of carbonyl (C=O) groups is 1. The monoisotopic (exact) mass is 413 g/mol. The van der Waals surface area contributed by atoms with Gasteiger partial charge in [0.2, 0.25) is 5.91 Å². The van der Waals surface area contributed by atoms with Crippen molar-refractivity contribution in [2.75, 3.05) is 25.3 Å². The summed E-state index contributed by atoms with van der Waals surface area (Å²) in [6.45, 7) is 0. The van der Waals surface area contributed by atoms with Crippen molar-refractivity contribution in [3.8, 4) is 11.5 Å². The van der Waals surface area contributed by atoms with Crippen LogP contribution in [0.2, 0.25) is 0 Å². The van der Waals surface area contributed by atoms with Gasteiger partial charge in [-0.3, -0.25) is 4.79 Å². The molecule has 24 heavy (non-hydrogen) atoms. The summed E-state index contributed by atoms with van der Waals surface area (Å²) in [5.74, 6) is 1.34. The molecule has 0 atom stereocenters. The predicted molar refractivity (Wildman–Crippen MR) is 98.4 cm³/mol. The minimum Gasteiger partial charge on any atom is -0.497 e. The van der Waals surface area contributed by atoms with Gasteiger partial charge in [-0.1, -0.05) is 22.0 Å². The first-order valence-electron chi connectivity index (χ1n) is 7.07. The van der Waals surface area contributed by atoms with E-state index in [0.29, 0.717) is 33.0 Å². The Hall–Kier alpha value is -1.73. The van der Waals surface area contributed by atoms with Gasteiger partial charge in [-0.05, 0) is 29.8 Å². The van der Waals surface area contributed by atoms with E-state index < -0.39 is 0 Å². The number of carbonyl (C=O) groups excluding carboxylic acids is 1. The molecule has 7 heteroatoms. The molecule has 0 saturated carbocycles. The summed E-state index contributed by atoms with van der Waals surface area (Å²) in [6, 6.07) is 10.0. The maximum atomic E-state index is 13.7. The number of hydrogen-bond donors (Lipinski definition) is 1. The van der Waals surface area contributed by atoms with Gasteiger partial charge in [0.1, 0.15) is 17.3 Å². The van der Waals surface area contributed by atoms with E-state index in [-0.39, 0.29) is 17.5 Å². The second-order valence-corrected chi connectivity index (χ2v) is 6.74. The lowest BCUT2D eigenvalue weighted by atomic mass is 10.2. The van der Waals surface area contributed by atoms with Crippen LogP contribution in [0.15, 0.2) is 40.9 Å².